The third-order valence-corrected chi connectivity index (χ3v) is 4.35. The Kier molecular flexibility index (Phi) is 5.37. The summed E-state index contributed by atoms with van der Waals surface area (Å²) in [5.41, 5.74) is 1.94. The van der Waals surface area contributed by atoms with E-state index in [0.717, 1.165) is 0 Å². The normalized spacial score (nSPS) is 10.0. The predicted molar refractivity (Wildman–Crippen MR) is 103 cm³/mol. The number of halogens is 2. The third kappa shape index (κ3) is 3.94. The zero-order valence-corrected chi connectivity index (χ0v) is 14.8. The molecule has 0 aliphatic carbocycles. The average molecular weight is 383 g/mol. The molecule has 0 aliphatic rings. The van der Waals surface area contributed by atoms with Crippen molar-refractivity contribution in [2.75, 3.05) is 10.6 Å². The van der Waals surface area contributed by atoms with Gasteiger partial charge in [-0.1, -0.05) is 41.4 Å². The van der Waals surface area contributed by atoms with E-state index in [2.05, 4.69) is 21.7 Å². The monoisotopic (exact) mass is 382 g/mol. The average Bonchev–Trinajstić information content (AvgIpc) is 2.66. The Morgan fingerprint density at radius 3 is 2.50 bits per heavy atom. The highest BCUT2D eigenvalue weighted by atomic mass is 35.5. The summed E-state index contributed by atoms with van der Waals surface area (Å²) in [7, 11) is 0. The molecule has 3 aromatic rings. The first-order valence-electron chi connectivity index (χ1n) is 7.56. The molecule has 0 aliphatic heterocycles. The summed E-state index contributed by atoms with van der Waals surface area (Å²) < 4.78 is 0. The quantitative estimate of drug-likeness (QED) is 0.645. The number of hydrogen-bond acceptors (Lipinski definition) is 4. The van der Waals surface area contributed by atoms with Gasteiger partial charge in [-0.05, 0) is 36.4 Å². The Hall–Kier alpha value is -3.07. The number of hydrogen-bond donors (Lipinski definition) is 2. The van der Waals surface area contributed by atoms with Gasteiger partial charge in [-0.2, -0.15) is 5.26 Å². The minimum Gasteiger partial charge on any atom is -0.339 e. The molecule has 2 aromatic carbocycles. The molecule has 7 heteroatoms. The first-order valence-corrected chi connectivity index (χ1v) is 8.31. The molecule has 0 radical (unpaired) electrons. The smallest absolute Gasteiger partial charge is 0.257 e. The number of carbonyl (C=O) groups excluding carboxylic acids is 1. The van der Waals surface area contributed by atoms with E-state index < -0.39 is 0 Å². The molecular weight excluding hydrogens is 371 g/mol. The van der Waals surface area contributed by atoms with Crippen LogP contribution in [0.5, 0.6) is 0 Å². The van der Waals surface area contributed by atoms with Gasteiger partial charge in [0.2, 0.25) is 0 Å². The summed E-state index contributed by atoms with van der Waals surface area (Å²) in [6, 6.07) is 17.5. The van der Waals surface area contributed by atoms with Crippen molar-refractivity contribution in [2.45, 2.75) is 0 Å². The Balaban J connectivity index is 1.74. The maximum absolute atomic E-state index is 12.3. The van der Waals surface area contributed by atoms with E-state index in [9.17, 15) is 4.79 Å². The molecule has 128 valence electrons. The van der Waals surface area contributed by atoms with E-state index in [1.807, 2.05) is 6.07 Å². The largest absolute Gasteiger partial charge is 0.339 e. The summed E-state index contributed by atoms with van der Waals surface area (Å²) in [4.78, 5) is 16.5. The number of anilines is 3. The van der Waals surface area contributed by atoms with Crippen LogP contribution in [0.1, 0.15) is 15.9 Å². The van der Waals surface area contributed by atoms with Crippen LogP contribution in [0.15, 0.2) is 60.8 Å². The Morgan fingerprint density at radius 1 is 1.00 bits per heavy atom. The second-order valence-corrected chi connectivity index (χ2v) is 6.06. The number of carbonyl (C=O) groups is 1. The fourth-order valence-corrected chi connectivity index (χ4v) is 2.57. The van der Waals surface area contributed by atoms with Crippen LogP contribution in [0, 0.1) is 11.3 Å². The van der Waals surface area contributed by atoms with Crippen molar-refractivity contribution in [1.82, 2.24) is 4.98 Å². The SMILES string of the molecule is N#Cc1ccccc1Nc1ccc(C(=O)Nc2cccc(Cl)c2Cl)cn1. The van der Waals surface area contributed by atoms with Gasteiger partial charge in [0.05, 0.1) is 32.5 Å². The summed E-state index contributed by atoms with van der Waals surface area (Å²) in [6.45, 7) is 0. The van der Waals surface area contributed by atoms with Crippen LogP contribution >= 0.6 is 23.2 Å². The van der Waals surface area contributed by atoms with E-state index in [4.69, 9.17) is 28.5 Å². The van der Waals surface area contributed by atoms with Crippen molar-refractivity contribution in [3.05, 3.63) is 82.0 Å². The van der Waals surface area contributed by atoms with Gasteiger partial charge in [-0.25, -0.2) is 4.98 Å². The van der Waals surface area contributed by atoms with Crippen molar-refractivity contribution >= 4 is 46.3 Å². The van der Waals surface area contributed by atoms with Gasteiger partial charge in [0.15, 0.2) is 0 Å². The highest BCUT2D eigenvalue weighted by molar-refractivity contribution is 6.44. The van der Waals surface area contributed by atoms with E-state index in [-0.39, 0.29) is 10.9 Å². The first kappa shape index (κ1) is 17.7. The van der Waals surface area contributed by atoms with E-state index in [1.54, 1.807) is 48.5 Å². The topological polar surface area (TPSA) is 77.8 Å². The van der Waals surface area contributed by atoms with Gasteiger partial charge in [-0.15, -0.1) is 0 Å². The molecule has 1 amide bonds. The van der Waals surface area contributed by atoms with Gasteiger partial charge in [0, 0.05) is 6.20 Å². The van der Waals surface area contributed by atoms with E-state index >= 15 is 0 Å². The van der Waals surface area contributed by atoms with Gasteiger partial charge in [0.25, 0.3) is 5.91 Å². The molecule has 0 saturated carbocycles. The van der Waals surface area contributed by atoms with Crippen molar-refractivity contribution in [2.24, 2.45) is 0 Å². The lowest BCUT2D eigenvalue weighted by Crippen LogP contribution is -2.12. The number of nitrogens with zero attached hydrogens (tertiary/aromatic N) is 2. The molecule has 0 unspecified atom stereocenters. The highest BCUT2D eigenvalue weighted by Crippen LogP contribution is 2.29. The van der Waals surface area contributed by atoms with Crippen molar-refractivity contribution in [1.29, 1.82) is 5.26 Å². The second kappa shape index (κ2) is 7.87. The molecule has 0 atom stereocenters. The fraction of sp³-hybridized carbons (Fsp3) is 0. The molecule has 0 bridgehead atoms. The summed E-state index contributed by atoms with van der Waals surface area (Å²) in [6.07, 6.45) is 1.44. The Bertz CT molecular complexity index is 997. The molecule has 2 N–H and O–H groups in total. The van der Waals surface area contributed by atoms with Crippen molar-refractivity contribution in [3.8, 4) is 6.07 Å². The maximum Gasteiger partial charge on any atom is 0.257 e. The molecular formula is C19H12Cl2N4O. The molecule has 0 spiro atoms. The molecule has 5 nitrogen and oxygen atoms in total. The molecule has 0 saturated heterocycles. The number of amides is 1. The minimum absolute atomic E-state index is 0.280. The molecule has 26 heavy (non-hydrogen) atoms. The van der Waals surface area contributed by atoms with Crippen LogP contribution in [-0.4, -0.2) is 10.9 Å². The van der Waals surface area contributed by atoms with E-state index in [0.29, 0.717) is 33.3 Å². The number of pyridine rings is 1. The number of aromatic nitrogens is 1. The lowest BCUT2D eigenvalue weighted by atomic mass is 10.2. The van der Waals surface area contributed by atoms with Gasteiger partial charge in [-0.3, -0.25) is 4.79 Å². The predicted octanol–water partition coefficient (Wildman–Crippen LogP) is 5.26. The van der Waals surface area contributed by atoms with Crippen LogP contribution in [0.4, 0.5) is 17.2 Å². The van der Waals surface area contributed by atoms with Crippen molar-refractivity contribution < 1.29 is 4.79 Å². The molecule has 1 aromatic heterocycles. The van der Waals surface area contributed by atoms with Crippen LogP contribution < -0.4 is 10.6 Å². The minimum atomic E-state index is -0.356. The molecule has 3 rings (SSSR count). The Labute approximate surface area is 160 Å². The second-order valence-electron chi connectivity index (χ2n) is 5.27. The maximum atomic E-state index is 12.3. The van der Waals surface area contributed by atoms with Crippen molar-refractivity contribution in [3.63, 3.8) is 0 Å². The lowest BCUT2D eigenvalue weighted by Gasteiger charge is -2.09. The number of para-hydroxylation sites is 1. The molecule has 1 heterocycles. The standard InChI is InChI=1S/C19H12Cl2N4O/c20-14-5-3-7-16(18(14)21)25-19(26)13-8-9-17(23-11-13)24-15-6-2-1-4-12(15)10-22/h1-9,11H,(H,23,24)(H,25,26). The van der Waals surface area contributed by atoms with Gasteiger partial charge >= 0.3 is 0 Å². The molecule has 0 fully saturated rings. The van der Waals surface area contributed by atoms with Crippen LogP contribution in [0.25, 0.3) is 0 Å². The van der Waals surface area contributed by atoms with Crippen LogP contribution in [-0.2, 0) is 0 Å². The number of benzene rings is 2. The zero-order valence-electron chi connectivity index (χ0n) is 13.3. The van der Waals surface area contributed by atoms with E-state index in [1.165, 1.54) is 6.20 Å². The summed E-state index contributed by atoms with van der Waals surface area (Å²) >= 11 is 12.0. The lowest BCUT2D eigenvalue weighted by molar-refractivity contribution is 0.102. The summed E-state index contributed by atoms with van der Waals surface area (Å²) in [5, 5.41) is 15.5. The Morgan fingerprint density at radius 2 is 1.77 bits per heavy atom. The van der Waals surface area contributed by atoms with Gasteiger partial charge in [0.1, 0.15) is 11.9 Å². The zero-order chi connectivity index (χ0) is 18.5. The van der Waals surface area contributed by atoms with Crippen LogP contribution in [0.2, 0.25) is 10.0 Å². The third-order valence-electron chi connectivity index (χ3n) is 3.54. The number of nitrogens with one attached hydrogen (secondary N) is 2. The first-order chi connectivity index (χ1) is 12.6. The van der Waals surface area contributed by atoms with Crippen LogP contribution in [0.3, 0.4) is 0 Å². The highest BCUT2D eigenvalue weighted by Gasteiger charge is 2.11. The summed E-state index contributed by atoms with van der Waals surface area (Å²) in [5.74, 6) is 0.163. The van der Waals surface area contributed by atoms with Gasteiger partial charge < -0.3 is 10.6 Å². The fourth-order valence-electron chi connectivity index (χ4n) is 2.22. The number of nitriles is 1. The number of rotatable bonds is 4.